The maximum atomic E-state index is 14.5. The van der Waals surface area contributed by atoms with E-state index in [4.69, 9.17) is 9.47 Å². The molecule has 53 heavy (non-hydrogen) atoms. The van der Waals surface area contributed by atoms with Gasteiger partial charge in [0.05, 0.1) is 18.4 Å². The van der Waals surface area contributed by atoms with E-state index in [-0.39, 0.29) is 37.3 Å². The molecule has 4 bridgehead atoms. The number of aryl methyl sites for hydroxylation is 1. The Morgan fingerprint density at radius 1 is 1.06 bits per heavy atom. The van der Waals surface area contributed by atoms with Gasteiger partial charge in [-0.05, 0) is 72.0 Å². The van der Waals surface area contributed by atoms with Crippen molar-refractivity contribution in [3.05, 3.63) is 34.9 Å². The second kappa shape index (κ2) is 14.4. The normalized spacial score (nSPS) is 29.4. The number of ether oxygens (including phenoxy) is 2. The summed E-state index contributed by atoms with van der Waals surface area (Å²) < 4.78 is 39.3. The Bertz CT molecular complexity index is 1750. The van der Waals surface area contributed by atoms with Crippen molar-refractivity contribution in [2.24, 2.45) is 16.7 Å². The molecule has 15 heteroatoms. The number of hydrogen-bond acceptors (Lipinski definition) is 9. The van der Waals surface area contributed by atoms with E-state index >= 15 is 0 Å². The highest BCUT2D eigenvalue weighted by Crippen LogP contribution is 2.47. The number of cyclic esters (lactones) is 1. The minimum Gasteiger partial charge on any atom is -0.449 e. The van der Waals surface area contributed by atoms with Crippen LogP contribution < -0.4 is 15.4 Å². The van der Waals surface area contributed by atoms with Gasteiger partial charge in [0.15, 0.2) is 0 Å². The third-order valence-electron chi connectivity index (χ3n) is 11.5. The summed E-state index contributed by atoms with van der Waals surface area (Å²) in [6, 6.07) is 3.80. The Labute approximate surface area is 312 Å². The Morgan fingerprint density at radius 3 is 2.43 bits per heavy atom. The van der Waals surface area contributed by atoms with Gasteiger partial charge in [-0.25, -0.2) is 18.0 Å². The molecule has 1 aromatic carbocycles. The molecule has 5 aliphatic rings. The minimum atomic E-state index is -3.88. The van der Waals surface area contributed by atoms with E-state index in [0.717, 1.165) is 36.8 Å². The van der Waals surface area contributed by atoms with Crippen LogP contribution in [-0.4, -0.2) is 90.3 Å². The Kier molecular flexibility index (Phi) is 10.6. The summed E-state index contributed by atoms with van der Waals surface area (Å²) in [5.74, 6) is -2.33. The highest BCUT2D eigenvalue weighted by molar-refractivity contribution is 7.91. The number of carbonyl (C=O) groups excluding carboxylic acids is 5. The van der Waals surface area contributed by atoms with E-state index < -0.39 is 74.3 Å². The molecule has 0 radical (unpaired) electrons. The number of benzene rings is 1. The molecule has 2 saturated carbocycles. The highest BCUT2D eigenvalue weighted by Gasteiger charge is 2.62. The number of alkyl carbamates (subject to hydrolysis) is 1. The summed E-state index contributed by atoms with van der Waals surface area (Å²) in [5.41, 5.74) is 0.742. The molecule has 5 atom stereocenters. The second-order valence-electron chi connectivity index (χ2n) is 17.5. The van der Waals surface area contributed by atoms with Gasteiger partial charge < -0.3 is 25.0 Å². The van der Waals surface area contributed by atoms with Gasteiger partial charge in [0.2, 0.25) is 21.8 Å². The summed E-state index contributed by atoms with van der Waals surface area (Å²) in [7, 11) is -3.88. The van der Waals surface area contributed by atoms with Gasteiger partial charge in [-0.3, -0.25) is 24.0 Å². The van der Waals surface area contributed by atoms with Crippen molar-refractivity contribution in [3.63, 3.8) is 0 Å². The predicted octanol–water partition coefficient (Wildman–Crippen LogP) is 3.90. The lowest BCUT2D eigenvalue weighted by Gasteiger charge is -2.35. The zero-order chi connectivity index (χ0) is 38.5. The average molecular weight is 758 g/mol. The van der Waals surface area contributed by atoms with E-state index in [1.54, 1.807) is 25.7 Å². The van der Waals surface area contributed by atoms with E-state index in [1.807, 2.05) is 32.9 Å². The number of rotatable bonds is 6. The van der Waals surface area contributed by atoms with E-state index in [0.29, 0.717) is 32.4 Å². The molecular weight excluding hydrogens is 703 g/mol. The van der Waals surface area contributed by atoms with Crippen LogP contribution in [0.15, 0.2) is 18.2 Å². The quantitative estimate of drug-likeness (QED) is 0.388. The molecule has 3 N–H and O–H groups in total. The number of nitrogens with zero attached hydrogens (tertiary/aromatic N) is 2. The fourth-order valence-electron chi connectivity index (χ4n) is 7.97. The van der Waals surface area contributed by atoms with Crippen molar-refractivity contribution in [2.45, 2.75) is 141 Å². The van der Waals surface area contributed by atoms with Crippen LogP contribution in [0.4, 0.5) is 9.59 Å². The first-order chi connectivity index (χ1) is 24.8. The van der Waals surface area contributed by atoms with Gasteiger partial charge in [0.25, 0.3) is 5.91 Å². The van der Waals surface area contributed by atoms with Crippen LogP contribution in [0, 0.1) is 16.7 Å². The standard InChI is InChI=1S/C38H55N5O9S/c1-7-25-18-38(25,33(46)41-53(49,50)27-14-15-27)40-31(44)29-17-26-20-43(29)32(45)30(36(2,3)4)39-34(47)51-22-37(5,6)16-9-8-11-23-12-10-13-24-19-42(21-28(23)24)35(48)52-26/h10,12-13,25-27,29-30H,7-9,11,14-22H2,1-6H3,(H,39,47)(H,40,44)(H,41,46)/t25-,26+,29-,30+,38+/m0/s1. The largest absolute Gasteiger partial charge is 0.449 e. The lowest BCUT2D eigenvalue weighted by molar-refractivity contribution is -0.143. The number of nitrogens with one attached hydrogen (secondary N) is 3. The minimum absolute atomic E-state index is 0.0558. The molecule has 292 valence electrons. The zero-order valence-corrected chi connectivity index (χ0v) is 32.6. The van der Waals surface area contributed by atoms with Crippen molar-refractivity contribution in [1.82, 2.24) is 25.2 Å². The molecular formula is C38H55N5O9S. The molecule has 3 fully saturated rings. The highest BCUT2D eigenvalue weighted by atomic mass is 32.2. The first kappa shape index (κ1) is 38.8. The van der Waals surface area contributed by atoms with E-state index in [2.05, 4.69) is 21.4 Å². The van der Waals surface area contributed by atoms with Crippen LogP contribution in [0.2, 0.25) is 0 Å². The molecule has 1 saturated heterocycles. The summed E-state index contributed by atoms with van der Waals surface area (Å²) in [6.45, 7) is 12.1. The third kappa shape index (κ3) is 8.44. The van der Waals surface area contributed by atoms with Gasteiger partial charge in [-0.1, -0.05) is 72.6 Å². The molecule has 5 amide bonds. The van der Waals surface area contributed by atoms with Crippen molar-refractivity contribution >= 4 is 39.9 Å². The first-order valence-corrected chi connectivity index (χ1v) is 20.6. The van der Waals surface area contributed by atoms with Crippen molar-refractivity contribution in [3.8, 4) is 0 Å². The maximum absolute atomic E-state index is 14.5. The lowest BCUT2D eigenvalue weighted by Crippen LogP contribution is -2.60. The summed E-state index contributed by atoms with van der Waals surface area (Å²) in [5, 5.41) is 4.95. The van der Waals surface area contributed by atoms with E-state index in [1.165, 1.54) is 10.5 Å². The third-order valence-corrected chi connectivity index (χ3v) is 13.3. The molecule has 3 heterocycles. The molecule has 1 aromatic rings. The smallest absolute Gasteiger partial charge is 0.410 e. The van der Waals surface area contributed by atoms with Gasteiger partial charge in [0.1, 0.15) is 23.7 Å². The molecule has 14 nitrogen and oxygen atoms in total. The van der Waals surface area contributed by atoms with Crippen LogP contribution in [0.1, 0.15) is 110 Å². The van der Waals surface area contributed by atoms with E-state index in [9.17, 15) is 32.4 Å². The molecule has 6 rings (SSSR count). The second-order valence-corrected chi connectivity index (χ2v) is 19.5. The number of carbonyl (C=O) groups is 5. The van der Waals surface area contributed by atoms with Crippen LogP contribution in [0.5, 0.6) is 0 Å². The van der Waals surface area contributed by atoms with Gasteiger partial charge in [-0.15, -0.1) is 0 Å². The zero-order valence-electron chi connectivity index (χ0n) is 31.8. The molecule has 0 spiro atoms. The van der Waals surface area contributed by atoms with Crippen molar-refractivity contribution in [1.29, 1.82) is 0 Å². The first-order valence-electron chi connectivity index (χ1n) is 19.0. The van der Waals surface area contributed by atoms with Crippen LogP contribution >= 0.6 is 0 Å². The Morgan fingerprint density at radius 2 is 1.77 bits per heavy atom. The fourth-order valence-corrected chi connectivity index (χ4v) is 9.33. The maximum Gasteiger partial charge on any atom is 0.410 e. The number of amides is 5. The Hall–Kier alpha value is -3.88. The van der Waals surface area contributed by atoms with Crippen LogP contribution in [-0.2, 0) is 53.4 Å². The monoisotopic (exact) mass is 757 g/mol. The van der Waals surface area contributed by atoms with Crippen LogP contribution in [0.3, 0.4) is 0 Å². The molecule has 0 aromatic heterocycles. The van der Waals surface area contributed by atoms with Crippen molar-refractivity contribution < 1.29 is 41.9 Å². The summed E-state index contributed by atoms with van der Waals surface area (Å²) in [6.07, 6.45) is 2.94. The molecule has 3 aliphatic heterocycles. The summed E-state index contributed by atoms with van der Waals surface area (Å²) >= 11 is 0. The summed E-state index contributed by atoms with van der Waals surface area (Å²) in [4.78, 5) is 72.1. The Balaban J connectivity index is 1.28. The molecule has 2 aliphatic carbocycles. The lowest BCUT2D eigenvalue weighted by atomic mass is 9.85. The van der Waals surface area contributed by atoms with Gasteiger partial charge >= 0.3 is 12.2 Å². The number of sulfonamides is 1. The van der Waals surface area contributed by atoms with Gasteiger partial charge in [0, 0.05) is 19.5 Å². The number of hydrogen-bond donors (Lipinski definition) is 3. The topological polar surface area (TPSA) is 181 Å². The van der Waals surface area contributed by atoms with Gasteiger partial charge in [-0.2, -0.15) is 0 Å². The number of fused-ring (bicyclic) bond motifs is 3. The van der Waals surface area contributed by atoms with Crippen LogP contribution in [0.25, 0.3) is 0 Å². The fraction of sp³-hybridized carbons (Fsp3) is 0.711. The SMILES string of the molecule is CC[C@H]1C[C@]1(NC(=O)[C@@H]1C[C@@H]2CN1C(=O)[C@H](C(C)(C)C)NC(=O)OCC(C)(C)CCCCc1cccc3c1CN(C3)C(=O)O2)C(=O)NS(=O)(=O)C1CC1. The predicted molar refractivity (Wildman–Crippen MR) is 194 cm³/mol. The van der Waals surface area contributed by atoms with Crippen molar-refractivity contribution in [2.75, 3.05) is 13.2 Å². The average Bonchev–Trinajstić information content (AvgIpc) is 3.97. The molecule has 0 unspecified atom stereocenters.